The largest absolute Gasteiger partial charge is 0.474 e. The fourth-order valence-electron chi connectivity index (χ4n) is 1.15. The summed E-state index contributed by atoms with van der Waals surface area (Å²) < 4.78 is 31.6. The number of esters is 1. The van der Waals surface area contributed by atoms with Gasteiger partial charge in [0.25, 0.3) is 0 Å². The van der Waals surface area contributed by atoms with Gasteiger partial charge in [-0.15, -0.1) is 0 Å². The van der Waals surface area contributed by atoms with Crippen molar-refractivity contribution in [2.75, 3.05) is 26.4 Å². The number of carbonyl (C=O) groups excluding carboxylic acids is 1. The number of phosphoric acid groups is 1. The topological polar surface area (TPSA) is 71.1 Å². The van der Waals surface area contributed by atoms with Crippen LogP contribution in [-0.2, 0) is 27.7 Å². The Labute approximate surface area is 108 Å². The van der Waals surface area contributed by atoms with Crippen LogP contribution >= 0.6 is 7.82 Å². The fourth-order valence-corrected chi connectivity index (χ4v) is 2.37. The molecule has 1 fully saturated rings. The summed E-state index contributed by atoms with van der Waals surface area (Å²) in [7, 11) is -3.41. The molecular formula is C11H21O6P. The highest BCUT2D eigenvalue weighted by molar-refractivity contribution is 7.48. The van der Waals surface area contributed by atoms with E-state index in [1.54, 1.807) is 0 Å². The van der Waals surface area contributed by atoms with Gasteiger partial charge in [0.15, 0.2) is 0 Å². The second kappa shape index (κ2) is 6.66. The number of hydrogen-bond acceptors (Lipinski definition) is 6. The Morgan fingerprint density at radius 3 is 2.44 bits per heavy atom. The molecule has 106 valence electrons. The van der Waals surface area contributed by atoms with Crippen molar-refractivity contribution in [3.63, 3.8) is 0 Å². The summed E-state index contributed by atoms with van der Waals surface area (Å²) in [5.74, 6) is -0.294. The average Bonchev–Trinajstić information content (AvgIpc) is 2.35. The number of phosphoric ester groups is 1. The zero-order valence-electron chi connectivity index (χ0n) is 11.1. The first-order valence-corrected chi connectivity index (χ1v) is 7.56. The standard InChI is InChI=1S/C11H21O6P/c1-4-11(2,3)10(12)14-8-9-17-18(13)15-6-5-7-16-18/h4-9H2,1-3H3. The molecule has 1 heterocycles. The van der Waals surface area contributed by atoms with Crippen molar-refractivity contribution in [3.05, 3.63) is 0 Å². The molecule has 0 amide bonds. The number of carbonyl (C=O) groups is 1. The van der Waals surface area contributed by atoms with Gasteiger partial charge < -0.3 is 4.74 Å². The second-order valence-corrected chi connectivity index (χ2v) is 6.34. The molecule has 1 rings (SSSR count). The predicted molar refractivity (Wildman–Crippen MR) is 65.1 cm³/mol. The van der Waals surface area contributed by atoms with E-state index in [0.29, 0.717) is 26.1 Å². The minimum Gasteiger partial charge on any atom is -0.463 e. The lowest BCUT2D eigenvalue weighted by molar-refractivity contribution is -0.155. The molecule has 0 spiro atoms. The minimum atomic E-state index is -3.41. The smallest absolute Gasteiger partial charge is 0.463 e. The van der Waals surface area contributed by atoms with E-state index in [0.717, 1.165) is 0 Å². The van der Waals surface area contributed by atoms with Gasteiger partial charge in [-0.1, -0.05) is 6.92 Å². The molecule has 0 aromatic carbocycles. The number of rotatable bonds is 6. The lowest BCUT2D eigenvalue weighted by Gasteiger charge is -2.23. The van der Waals surface area contributed by atoms with E-state index in [4.69, 9.17) is 18.3 Å². The van der Waals surface area contributed by atoms with E-state index >= 15 is 0 Å². The van der Waals surface area contributed by atoms with Gasteiger partial charge in [0.05, 0.1) is 25.2 Å². The maximum absolute atomic E-state index is 11.7. The Balaban J connectivity index is 2.22. The number of hydrogen-bond donors (Lipinski definition) is 0. The molecular weight excluding hydrogens is 259 g/mol. The van der Waals surface area contributed by atoms with Crippen molar-refractivity contribution < 1.29 is 27.7 Å². The van der Waals surface area contributed by atoms with Crippen LogP contribution in [0.2, 0.25) is 0 Å². The van der Waals surface area contributed by atoms with Gasteiger partial charge in [-0.05, 0) is 26.7 Å². The molecule has 1 aliphatic rings. The Morgan fingerprint density at radius 1 is 1.28 bits per heavy atom. The third-order valence-corrected chi connectivity index (χ3v) is 4.29. The van der Waals surface area contributed by atoms with Crippen molar-refractivity contribution in [1.82, 2.24) is 0 Å². The van der Waals surface area contributed by atoms with Crippen LogP contribution in [-0.4, -0.2) is 32.4 Å². The maximum atomic E-state index is 11.7. The lowest BCUT2D eigenvalue weighted by atomic mass is 9.91. The van der Waals surface area contributed by atoms with Crippen LogP contribution in [0.25, 0.3) is 0 Å². The van der Waals surface area contributed by atoms with E-state index < -0.39 is 13.2 Å². The summed E-state index contributed by atoms with van der Waals surface area (Å²) in [6.07, 6.45) is 1.39. The molecule has 0 N–H and O–H groups in total. The normalized spacial score (nSPS) is 19.5. The van der Waals surface area contributed by atoms with Crippen LogP contribution in [0, 0.1) is 5.41 Å². The summed E-state index contributed by atoms with van der Waals surface area (Å²) in [5, 5.41) is 0. The van der Waals surface area contributed by atoms with Crippen molar-refractivity contribution >= 4 is 13.8 Å². The highest BCUT2D eigenvalue weighted by Crippen LogP contribution is 2.51. The molecule has 7 heteroatoms. The molecule has 1 aliphatic heterocycles. The van der Waals surface area contributed by atoms with Crippen molar-refractivity contribution in [2.45, 2.75) is 33.6 Å². The highest BCUT2D eigenvalue weighted by Gasteiger charge is 2.30. The molecule has 18 heavy (non-hydrogen) atoms. The third kappa shape index (κ3) is 4.69. The lowest BCUT2D eigenvalue weighted by Crippen LogP contribution is -2.27. The third-order valence-electron chi connectivity index (χ3n) is 2.79. The molecule has 0 unspecified atom stereocenters. The van der Waals surface area contributed by atoms with E-state index in [9.17, 15) is 9.36 Å². The van der Waals surface area contributed by atoms with Gasteiger partial charge in [-0.3, -0.25) is 18.4 Å². The minimum absolute atomic E-state index is 0.00279. The first-order chi connectivity index (χ1) is 8.40. The fraction of sp³-hybridized carbons (Fsp3) is 0.909. The molecule has 1 saturated heterocycles. The van der Waals surface area contributed by atoms with Gasteiger partial charge in [-0.2, -0.15) is 0 Å². The van der Waals surface area contributed by atoms with Gasteiger partial charge in [0, 0.05) is 0 Å². The molecule has 0 radical (unpaired) electrons. The second-order valence-electron chi connectivity index (χ2n) is 4.67. The van der Waals surface area contributed by atoms with Crippen molar-refractivity contribution in [3.8, 4) is 0 Å². The van der Waals surface area contributed by atoms with Crippen LogP contribution in [0.3, 0.4) is 0 Å². The quantitative estimate of drug-likeness (QED) is 0.423. The van der Waals surface area contributed by atoms with E-state index in [1.807, 2.05) is 20.8 Å². The SMILES string of the molecule is CCC(C)(C)C(=O)OCCOP1(=O)OCCCO1. The summed E-state index contributed by atoms with van der Waals surface area (Å²) >= 11 is 0. The first kappa shape index (κ1) is 15.6. The molecule has 0 atom stereocenters. The van der Waals surface area contributed by atoms with Crippen LogP contribution in [0.4, 0.5) is 0 Å². The van der Waals surface area contributed by atoms with Gasteiger partial charge in [0.1, 0.15) is 6.61 Å². The Kier molecular flexibility index (Phi) is 5.79. The molecule has 6 nitrogen and oxygen atoms in total. The molecule has 0 saturated carbocycles. The van der Waals surface area contributed by atoms with Crippen LogP contribution in [0.1, 0.15) is 33.6 Å². The van der Waals surface area contributed by atoms with Gasteiger partial charge >= 0.3 is 13.8 Å². The van der Waals surface area contributed by atoms with Crippen molar-refractivity contribution in [2.24, 2.45) is 5.41 Å². The Bertz CT molecular complexity index is 317. The summed E-state index contributed by atoms with van der Waals surface area (Å²) in [4.78, 5) is 11.6. The average molecular weight is 280 g/mol. The molecule has 0 aromatic rings. The molecule has 0 aromatic heterocycles. The molecule has 0 aliphatic carbocycles. The van der Waals surface area contributed by atoms with E-state index in [2.05, 4.69) is 0 Å². The van der Waals surface area contributed by atoms with E-state index in [-0.39, 0.29) is 19.2 Å². The Morgan fingerprint density at radius 2 is 1.89 bits per heavy atom. The zero-order valence-corrected chi connectivity index (χ0v) is 12.0. The van der Waals surface area contributed by atoms with Gasteiger partial charge in [0.2, 0.25) is 0 Å². The van der Waals surface area contributed by atoms with Crippen LogP contribution < -0.4 is 0 Å². The molecule has 0 bridgehead atoms. The van der Waals surface area contributed by atoms with Crippen LogP contribution in [0.5, 0.6) is 0 Å². The monoisotopic (exact) mass is 280 g/mol. The van der Waals surface area contributed by atoms with E-state index in [1.165, 1.54) is 0 Å². The Hall–Kier alpha value is -0.420. The number of ether oxygens (including phenoxy) is 1. The highest BCUT2D eigenvalue weighted by atomic mass is 31.2. The summed E-state index contributed by atoms with van der Waals surface area (Å²) in [6.45, 7) is 6.30. The maximum Gasteiger partial charge on any atom is 0.474 e. The predicted octanol–water partition coefficient (Wildman–Crippen LogP) is 2.53. The summed E-state index contributed by atoms with van der Waals surface area (Å²) in [6, 6.07) is 0. The van der Waals surface area contributed by atoms with Crippen molar-refractivity contribution in [1.29, 1.82) is 0 Å². The van der Waals surface area contributed by atoms with Gasteiger partial charge in [-0.25, -0.2) is 4.57 Å². The first-order valence-electron chi connectivity index (χ1n) is 6.10. The van der Waals surface area contributed by atoms with Crippen LogP contribution in [0.15, 0.2) is 0 Å². The summed E-state index contributed by atoms with van der Waals surface area (Å²) in [5.41, 5.74) is -0.512. The zero-order chi connectivity index (χ0) is 13.6.